The minimum absolute atomic E-state index is 0.683. The normalized spacial score (nSPS) is 11.0. The Kier molecular flexibility index (Phi) is 9.88. The molecule has 10 rings (SSSR count). The summed E-state index contributed by atoms with van der Waals surface area (Å²) in [7, 11) is 0. The second-order valence-electron chi connectivity index (χ2n) is 14.5. The fourth-order valence-electron chi connectivity index (χ4n) is 7.43. The number of pyridine rings is 3. The summed E-state index contributed by atoms with van der Waals surface area (Å²) in [5, 5.41) is 0. The summed E-state index contributed by atoms with van der Waals surface area (Å²) in [4.78, 5) is 24.9. The highest BCUT2D eigenvalue weighted by atomic mass is 14.9. The van der Waals surface area contributed by atoms with Crippen LogP contribution < -0.4 is 0 Å². The van der Waals surface area contributed by atoms with E-state index in [4.69, 9.17) is 19.9 Å². The van der Waals surface area contributed by atoms with Crippen LogP contribution in [0.5, 0.6) is 0 Å². The van der Waals surface area contributed by atoms with Crippen LogP contribution in [0, 0.1) is 0 Å². The molecule has 0 aliphatic heterocycles. The topological polar surface area (TPSA) is 64.5 Å². The molecule has 0 N–H and O–H groups in total. The maximum atomic E-state index is 5.11. The Morgan fingerprint density at radius 3 is 1.13 bits per heavy atom. The lowest BCUT2D eigenvalue weighted by Gasteiger charge is -2.11. The zero-order valence-corrected chi connectivity index (χ0v) is 32.6. The van der Waals surface area contributed by atoms with Crippen LogP contribution in [0.25, 0.3) is 101 Å². The molecule has 6 aromatic carbocycles. The van der Waals surface area contributed by atoms with Crippen molar-refractivity contribution in [3.05, 3.63) is 225 Å². The fourth-order valence-corrected chi connectivity index (χ4v) is 7.43. The largest absolute Gasteiger partial charge is 0.255 e. The molecule has 0 radical (unpaired) electrons. The third kappa shape index (κ3) is 7.76. The van der Waals surface area contributed by atoms with Crippen LogP contribution in [-0.4, -0.2) is 24.9 Å². The number of hydrogen-bond acceptors (Lipinski definition) is 5. The lowest BCUT2D eigenvalue weighted by atomic mass is 10.00. The van der Waals surface area contributed by atoms with Gasteiger partial charge in [0.05, 0.1) is 39.9 Å². The van der Waals surface area contributed by atoms with E-state index < -0.39 is 0 Å². The molecule has 5 nitrogen and oxygen atoms in total. The molecule has 5 heteroatoms. The van der Waals surface area contributed by atoms with E-state index in [1.807, 2.05) is 66.7 Å². The van der Waals surface area contributed by atoms with E-state index in [1.165, 1.54) is 11.1 Å². The Bertz CT molecular complexity index is 2970. The van der Waals surface area contributed by atoms with Gasteiger partial charge in [-0.15, -0.1) is 0 Å². The first-order chi connectivity index (χ1) is 29.7. The van der Waals surface area contributed by atoms with Crippen LogP contribution in [0.1, 0.15) is 0 Å². The van der Waals surface area contributed by atoms with Gasteiger partial charge >= 0.3 is 0 Å². The van der Waals surface area contributed by atoms with E-state index in [9.17, 15) is 0 Å². The Morgan fingerprint density at radius 1 is 0.200 bits per heavy atom. The Labute approximate surface area is 349 Å². The molecular weight excluding hydrogens is 731 g/mol. The first-order valence-corrected chi connectivity index (χ1v) is 20.0. The van der Waals surface area contributed by atoms with Gasteiger partial charge < -0.3 is 0 Å². The average Bonchev–Trinajstić information content (AvgIpc) is 3.35. The highest BCUT2D eigenvalue weighted by Gasteiger charge is 2.14. The summed E-state index contributed by atoms with van der Waals surface area (Å²) >= 11 is 0. The molecular formula is C55H37N5. The molecule has 4 heterocycles. The van der Waals surface area contributed by atoms with Gasteiger partial charge in [0, 0.05) is 28.5 Å². The zero-order valence-electron chi connectivity index (χ0n) is 32.6. The molecule has 10 aromatic rings. The van der Waals surface area contributed by atoms with Gasteiger partial charge in [0.25, 0.3) is 0 Å². The molecule has 282 valence electrons. The van der Waals surface area contributed by atoms with E-state index in [2.05, 4.69) is 157 Å². The van der Waals surface area contributed by atoms with E-state index >= 15 is 0 Å². The van der Waals surface area contributed by atoms with Gasteiger partial charge in [-0.2, -0.15) is 0 Å². The Hall–Kier alpha value is -8.15. The summed E-state index contributed by atoms with van der Waals surface area (Å²) < 4.78 is 0. The summed E-state index contributed by atoms with van der Waals surface area (Å²) in [5.74, 6) is 0.683. The number of aromatic nitrogens is 5. The van der Waals surface area contributed by atoms with Crippen LogP contribution in [0.3, 0.4) is 0 Å². The molecule has 0 atom stereocenters. The van der Waals surface area contributed by atoms with Crippen LogP contribution in [-0.2, 0) is 0 Å². The van der Waals surface area contributed by atoms with Crippen LogP contribution >= 0.6 is 0 Å². The van der Waals surface area contributed by atoms with E-state index in [0.29, 0.717) is 5.82 Å². The van der Waals surface area contributed by atoms with E-state index in [-0.39, 0.29) is 0 Å². The molecule has 0 amide bonds. The van der Waals surface area contributed by atoms with Gasteiger partial charge in [0.2, 0.25) is 0 Å². The molecule has 0 saturated heterocycles. The lowest BCUT2D eigenvalue weighted by molar-refractivity contribution is 1.18. The zero-order chi connectivity index (χ0) is 40.1. The molecule has 60 heavy (non-hydrogen) atoms. The van der Waals surface area contributed by atoms with Gasteiger partial charge in [-0.1, -0.05) is 176 Å². The third-order valence-electron chi connectivity index (χ3n) is 10.6. The molecule has 0 spiro atoms. The quantitative estimate of drug-likeness (QED) is 0.146. The smallest absolute Gasteiger partial charge is 0.160 e. The van der Waals surface area contributed by atoms with Crippen molar-refractivity contribution < 1.29 is 0 Å². The van der Waals surface area contributed by atoms with Gasteiger partial charge in [-0.05, 0) is 75.8 Å². The van der Waals surface area contributed by atoms with Crippen molar-refractivity contribution >= 4 is 0 Å². The average molecular weight is 768 g/mol. The van der Waals surface area contributed by atoms with Gasteiger partial charge in [-0.3, -0.25) is 4.98 Å². The van der Waals surface area contributed by atoms with E-state index in [0.717, 1.165) is 84.4 Å². The maximum absolute atomic E-state index is 5.11. The van der Waals surface area contributed by atoms with Gasteiger partial charge in [-0.25, -0.2) is 19.9 Å². The van der Waals surface area contributed by atoms with Crippen molar-refractivity contribution in [3.8, 4) is 101 Å². The number of rotatable bonds is 9. The third-order valence-corrected chi connectivity index (χ3v) is 10.6. The van der Waals surface area contributed by atoms with Crippen molar-refractivity contribution in [3.63, 3.8) is 0 Å². The summed E-state index contributed by atoms with van der Waals surface area (Å²) in [5.41, 5.74) is 16.7. The molecule has 0 aliphatic carbocycles. The van der Waals surface area contributed by atoms with Crippen molar-refractivity contribution in [2.45, 2.75) is 0 Å². The van der Waals surface area contributed by atoms with Crippen molar-refractivity contribution in [1.82, 2.24) is 24.9 Å². The molecule has 0 fully saturated rings. The first-order valence-electron chi connectivity index (χ1n) is 20.0. The Morgan fingerprint density at radius 2 is 0.583 bits per heavy atom. The number of benzene rings is 6. The summed E-state index contributed by atoms with van der Waals surface area (Å²) in [6, 6.07) is 75.0. The van der Waals surface area contributed by atoms with Crippen LogP contribution in [0.2, 0.25) is 0 Å². The summed E-state index contributed by atoms with van der Waals surface area (Å²) in [6.07, 6.45) is 1.80. The SMILES string of the molecule is c1ccc(-c2ccc(-c3cc(-c4ccccc4)nc(-c4ccc(-c5ccc(-c6cccc(-c7cc(-c8ccccc8)cc(-c8ccccn8)n7)n6)cc5)cc4)n3)cc2)cc1. The Balaban J connectivity index is 0.927. The predicted molar refractivity (Wildman–Crippen MR) is 244 cm³/mol. The van der Waals surface area contributed by atoms with Gasteiger partial charge in [0.15, 0.2) is 5.82 Å². The number of nitrogens with zero attached hydrogens (tertiary/aromatic N) is 5. The highest BCUT2D eigenvalue weighted by Crippen LogP contribution is 2.33. The first kappa shape index (κ1) is 36.2. The lowest BCUT2D eigenvalue weighted by Crippen LogP contribution is -1.96. The highest BCUT2D eigenvalue weighted by molar-refractivity contribution is 5.78. The van der Waals surface area contributed by atoms with Crippen molar-refractivity contribution in [2.24, 2.45) is 0 Å². The molecule has 0 aliphatic rings. The van der Waals surface area contributed by atoms with Crippen molar-refractivity contribution in [2.75, 3.05) is 0 Å². The molecule has 0 bridgehead atoms. The van der Waals surface area contributed by atoms with E-state index in [1.54, 1.807) is 6.20 Å². The summed E-state index contributed by atoms with van der Waals surface area (Å²) in [6.45, 7) is 0. The molecule has 0 saturated carbocycles. The maximum Gasteiger partial charge on any atom is 0.160 e. The minimum Gasteiger partial charge on any atom is -0.255 e. The van der Waals surface area contributed by atoms with Crippen molar-refractivity contribution in [1.29, 1.82) is 0 Å². The fraction of sp³-hybridized carbons (Fsp3) is 0. The second-order valence-corrected chi connectivity index (χ2v) is 14.5. The van der Waals surface area contributed by atoms with Gasteiger partial charge in [0.1, 0.15) is 0 Å². The predicted octanol–water partition coefficient (Wildman–Crippen LogP) is 13.7. The molecule has 4 aromatic heterocycles. The minimum atomic E-state index is 0.683. The van der Waals surface area contributed by atoms with Crippen LogP contribution in [0.15, 0.2) is 225 Å². The standard InChI is InChI=1S/C55H37N5/c1-4-13-38(14-5-1)40-24-30-45(31-25-40)52-37-51(43-17-8-3-9-18-43)59-55(60-52)46-32-26-42(27-33-46)41-22-28-44(29-23-41)48-20-12-21-50(57-48)54-36-47(39-15-6-2-7-16-39)35-53(58-54)49-19-10-11-34-56-49/h1-37H. The second kappa shape index (κ2) is 16.4. The van der Waals surface area contributed by atoms with Crippen LogP contribution in [0.4, 0.5) is 0 Å². The number of hydrogen-bond donors (Lipinski definition) is 0. The monoisotopic (exact) mass is 767 g/mol. The molecule has 0 unspecified atom stereocenters.